The van der Waals surface area contributed by atoms with E-state index >= 15 is 0 Å². The zero-order chi connectivity index (χ0) is 10.7. The molecule has 0 bridgehead atoms. The Morgan fingerprint density at radius 2 is 1.93 bits per heavy atom. The lowest BCUT2D eigenvalue weighted by molar-refractivity contribution is -0.145. The second kappa shape index (κ2) is 3.98. The fraction of sp³-hybridized carbons (Fsp3) is 0.455. The highest BCUT2D eigenvalue weighted by Gasteiger charge is 2.41. The molecule has 1 fully saturated rings. The van der Waals surface area contributed by atoms with Crippen molar-refractivity contribution in [3.63, 3.8) is 0 Å². The minimum absolute atomic E-state index is 0.645. The Hall–Kier alpha value is -1.42. The molecule has 0 radical (unpaired) electrons. The van der Waals surface area contributed by atoms with E-state index in [0.717, 1.165) is 18.7 Å². The summed E-state index contributed by atoms with van der Waals surface area (Å²) >= 11 is 0. The van der Waals surface area contributed by atoms with E-state index in [4.69, 9.17) is 0 Å². The van der Waals surface area contributed by atoms with Crippen molar-refractivity contribution in [3.8, 4) is 0 Å². The Bertz CT molecular complexity index is 345. The average Bonchev–Trinajstić information content (AvgIpc) is 2.31. The average molecular weight is 206 g/mol. The molecule has 0 spiro atoms. The molecule has 1 aromatic rings. The molecular weight excluding hydrogens is 192 g/mol. The van der Waals surface area contributed by atoms with E-state index in [1.54, 1.807) is 24.5 Å². The predicted octanol–water partition coefficient (Wildman–Crippen LogP) is 0.787. The minimum Gasteiger partial charge on any atom is -0.481 e. The van der Waals surface area contributed by atoms with E-state index in [2.05, 4.69) is 10.3 Å². The summed E-state index contributed by atoms with van der Waals surface area (Å²) in [5, 5.41) is 12.6. The molecule has 80 valence electrons. The highest BCUT2D eigenvalue weighted by Crippen LogP contribution is 2.33. The normalized spacial score (nSPS) is 19.7. The molecule has 1 saturated heterocycles. The summed E-state index contributed by atoms with van der Waals surface area (Å²) in [5.41, 5.74) is 0.153. The molecule has 1 aliphatic rings. The first-order valence-corrected chi connectivity index (χ1v) is 5.10. The standard InChI is InChI=1S/C11H14N2O2/c14-10(15)11(3-7-13-8-4-11)9-1-5-12-6-2-9/h1-2,5-6,13H,3-4,7-8H2,(H,14,15). The number of pyridine rings is 1. The second-order valence-corrected chi connectivity index (χ2v) is 3.87. The number of carbonyl (C=O) groups is 1. The van der Waals surface area contributed by atoms with Crippen LogP contribution in [0.15, 0.2) is 24.5 Å². The Kier molecular flexibility index (Phi) is 2.68. The molecule has 2 rings (SSSR count). The lowest BCUT2D eigenvalue weighted by atomic mass is 9.73. The molecule has 1 aromatic heterocycles. The first-order chi connectivity index (χ1) is 7.26. The molecule has 2 heterocycles. The number of hydrogen-bond acceptors (Lipinski definition) is 3. The van der Waals surface area contributed by atoms with Gasteiger partial charge in [-0.15, -0.1) is 0 Å². The third-order valence-corrected chi connectivity index (χ3v) is 3.10. The van der Waals surface area contributed by atoms with E-state index < -0.39 is 11.4 Å². The van der Waals surface area contributed by atoms with Crippen molar-refractivity contribution in [1.82, 2.24) is 10.3 Å². The Labute approximate surface area is 88.3 Å². The largest absolute Gasteiger partial charge is 0.481 e. The van der Waals surface area contributed by atoms with Crippen molar-refractivity contribution >= 4 is 5.97 Å². The van der Waals surface area contributed by atoms with E-state index in [-0.39, 0.29) is 0 Å². The maximum absolute atomic E-state index is 11.4. The van der Waals surface area contributed by atoms with Crippen LogP contribution >= 0.6 is 0 Å². The molecular formula is C11H14N2O2. The van der Waals surface area contributed by atoms with Crippen molar-refractivity contribution in [2.75, 3.05) is 13.1 Å². The van der Waals surface area contributed by atoms with E-state index in [9.17, 15) is 9.90 Å². The second-order valence-electron chi connectivity index (χ2n) is 3.87. The van der Waals surface area contributed by atoms with Crippen LogP contribution in [0.5, 0.6) is 0 Å². The van der Waals surface area contributed by atoms with Gasteiger partial charge in [0.1, 0.15) is 0 Å². The summed E-state index contributed by atoms with van der Waals surface area (Å²) in [4.78, 5) is 15.4. The van der Waals surface area contributed by atoms with Crippen LogP contribution in [-0.4, -0.2) is 29.1 Å². The van der Waals surface area contributed by atoms with E-state index in [1.165, 1.54) is 0 Å². The maximum atomic E-state index is 11.4. The molecule has 0 aliphatic carbocycles. The highest BCUT2D eigenvalue weighted by atomic mass is 16.4. The minimum atomic E-state index is -0.727. The zero-order valence-corrected chi connectivity index (χ0v) is 8.44. The first kappa shape index (κ1) is 10.1. The summed E-state index contributed by atoms with van der Waals surface area (Å²) in [6.45, 7) is 1.52. The fourth-order valence-corrected chi connectivity index (χ4v) is 2.15. The van der Waals surface area contributed by atoms with Gasteiger partial charge < -0.3 is 10.4 Å². The van der Waals surface area contributed by atoms with Crippen molar-refractivity contribution in [2.24, 2.45) is 0 Å². The molecule has 2 N–H and O–H groups in total. The molecule has 0 aromatic carbocycles. The zero-order valence-electron chi connectivity index (χ0n) is 8.44. The quantitative estimate of drug-likeness (QED) is 0.751. The SMILES string of the molecule is O=C(O)C1(c2ccncc2)CCNCC1. The van der Waals surface area contributed by atoms with Crippen LogP contribution in [0.2, 0.25) is 0 Å². The molecule has 0 amide bonds. The Balaban J connectivity index is 2.38. The third-order valence-electron chi connectivity index (χ3n) is 3.10. The van der Waals surface area contributed by atoms with Gasteiger partial charge in [0, 0.05) is 12.4 Å². The van der Waals surface area contributed by atoms with Crippen LogP contribution < -0.4 is 5.32 Å². The number of carboxylic acids is 1. The number of carboxylic acid groups (broad SMARTS) is 1. The summed E-state index contributed by atoms with van der Waals surface area (Å²) in [6.07, 6.45) is 4.60. The van der Waals surface area contributed by atoms with Crippen LogP contribution in [0.25, 0.3) is 0 Å². The Morgan fingerprint density at radius 3 is 2.47 bits per heavy atom. The topological polar surface area (TPSA) is 62.2 Å². The first-order valence-electron chi connectivity index (χ1n) is 5.10. The van der Waals surface area contributed by atoms with Crippen molar-refractivity contribution in [2.45, 2.75) is 18.3 Å². The lowest BCUT2D eigenvalue weighted by Crippen LogP contribution is -2.45. The van der Waals surface area contributed by atoms with E-state index in [0.29, 0.717) is 12.8 Å². The van der Waals surface area contributed by atoms with Crippen LogP contribution in [0.4, 0.5) is 0 Å². The highest BCUT2D eigenvalue weighted by molar-refractivity contribution is 5.81. The van der Waals surface area contributed by atoms with Gasteiger partial charge in [-0.25, -0.2) is 0 Å². The fourth-order valence-electron chi connectivity index (χ4n) is 2.15. The van der Waals surface area contributed by atoms with Gasteiger partial charge >= 0.3 is 5.97 Å². The van der Waals surface area contributed by atoms with Gasteiger partial charge in [-0.2, -0.15) is 0 Å². The van der Waals surface area contributed by atoms with Gasteiger partial charge in [-0.3, -0.25) is 9.78 Å². The third kappa shape index (κ3) is 1.72. The van der Waals surface area contributed by atoms with Gasteiger partial charge in [0.25, 0.3) is 0 Å². The number of aromatic nitrogens is 1. The molecule has 4 nitrogen and oxygen atoms in total. The summed E-state index contributed by atoms with van der Waals surface area (Å²) in [6, 6.07) is 3.61. The number of piperidine rings is 1. The predicted molar refractivity (Wildman–Crippen MR) is 55.7 cm³/mol. The summed E-state index contributed by atoms with van der Waals surface area (Å²) < 4.78 is 0. The molecule has 1 aliphatic heterocycles. The van der Waals surface area contributed by atoms with Crippen LogP contribution in [0, 0.1) is 0 Å². The van der Waals surface area contributed by atoms with Crippen molar-refractivity contribution < 1.29 is 9.90 Å². The number of nitrogens with one attached hydrogen (secondary N) is 1. The van der Waals surface area contributed by atoms with E-state index in [1.807, 2.05) is 0 Å². The molecule has 4 heteroatoms. The van der Waals surface area contributed by atoms with Crippen LogP contribution in [0.1, 0.15) is 18.4 Å². The smallest absolute Gasteiger partial charge is 0.314 e. The maximum Gasteiger partial charge on any atom is 0.314 e. The number of rotatable bonds is 2. The molecule has 15 heavy (non-hydrogen) atoms. The van der Waals surface area contributed by atoms with Gasteiger partial charge in [0.05, 0.1) is 5.41 Å². The number of hydrogen-bond donors (Lipinski definition) is 2. The number of nitrogens with zero attached hydrogens (tertiary/aromatic N) is 1. The molecule has 0 atom stereocenters. The molecule has 0 unspecified atom stereocenters. The number of aliphatic carboxylic acids is 1. The van der Waals surface area contributed by atoms with Crippen LogP contribution in [0.3, 0.4) is 0 Å². The van der Waals surface area contributed by atoms with Gasteiger partial charge in [0.2, 0.25) is 0 Å². The lowest BCUT2D eigenvalue weighted by Gasteiger charge is -2.33. The van der Waals surface area contributed by atoms with Gasteiger partial charge in [-0.1, -0.05) is 0 Å². The summed E-state index contributed by atoms with van der Waals surface area (Å²) in [7, 11) is 0. The summed E-state index contributed by atoms with van der Waals surface area (Å²) in [5.74, 6) is -0.727. The van der Waals surface area contributed by atoms with Crippen molar-refractivity contribution in [1.29, 1.82) is 0 Å². The van der Waals surface area contributed by atoms with Gasteiger partial charge in [0.15, 0.2) is 0 Å². The van der Waals surface area contributed by atoms with Crippen LogP contribution in [-0.2, 0) is 10.2 Å². The Morgan fingerprint density at radius 1 is 1.33 bits per heavy atom. The molecule has 0 saturated carbocycles. The van der Waals surface area contributed by atoms with Crippen molar-refractivity contribution in [3.05, 3.63) is 30.1 Å². The van der Waals surface area contributed by atoms with Gasteiger partial charge in [-0.05, 0) is 43.6 Å². The monoisotopic (exact) mass is 206 g/mol.